The van der Waals surface area contributed by atoms with Crippen molar-refractivity contribution in [1.82, 2.24) is 10.6 Å². The van der Waals surface area contributed by atoms with Crippen molar-refractivity contribution in [2.24, 2.45) is 17.6 Å². The van der Waals surface area contributed by atoms with Crippen molar-refractivity contribution in [1.29, 1.82) is 0 Å². The van der Waals surface area contributed by atoms with Crippen molar-refractivity contribution in [3.8, 4) is 0 Å². The Morgan fingerprint density at radius 2 is 1.81 bits per heavy atom. The maximum Gasteiger partial charge on any atom is 0.245 e. The fourth-order valence-corrected chi connectivity index (χ4v) is 2.94. The van der Waals surface area contributed by atoms with Crippen molar-refractivity contribution in [3.05, 3.63) is 0 Å². The zero-order valence-electron chi connectivity index (χ0n) is 13.2. The first-order chi connectivity index (χ1) is 9.74. The molecule has 0 aromatic heterocycles. The van der Waals surface area contributed by atoms with E-state index in [1.165, 1.54) is 0 Å². The fraction of sp³-hybridized carbons (Fsp3) is 0.800. The van der Waals surface area contributed by atoms with Gasteiger partial charge < -0.3 is 16.4 Å². The van der Waals surface area contributed by atoms with Gasteiger partial charge in [-0.1, -0.05) is 26.7 Å². The molecule has 1 rings (SSSR count). The minimum atomic E-state index is -1.01. The van der Waals surface area contributed by atoms with Crippen LogP contribution in [0.25, 0.3) is 0 Å². The number of rotatable bonds is 7. The van der Waals surface area contributed by atoms with Gasteiger partial charge in [-0.15, -0.1) is 0 Å². The number of hydrogen-bond donors (Lipinski definition) is 3. The van der Waals surface area contributed by atoms with Crippen LogP contribution in [-0.4, -0.2) is 29.8 Å². The normalized spacial score (nSPS) is 18.3. The highest BCUT2D eigenvalue weighted by Crippen LogP contribution is 2.26. The van der Waals surface area contributed by atoms with E-state index in [0.717, 1.165) is 25.7 Å². The maximum atomic E-state index is 12.3. The highest BCUT2D eigenvalue weighted by atomic mass is 16.2. The third kappa shape index (κ3) is 5.36. The Morgan fingerprint density at radius 3 is 2.29 bits per heavy atom. The number of carbonyl (C=O) groups is 3. The maximum absolute atomic E-state index is 12.3. The van der Waals surface area contributed by atoms with Gasteiger partial charge in [0, 0.05) is 5.92 Å². The molecule has 21 heavy (non-hydrogen) atoms. The molecular formula is C15H27N3O3. The van der Waals surface area contributed by atoms with E-state index in [4.69, 9.17) is 5.73 Å². The van der Waals surface area contributed by atoms with Gasteiger partial charge in [0.05, 0.1) is 6.54 Å². The molecule has 0 radical (unpaired) electrons. The Bertz CT molecular complexity index is 403. The van der Waals surface area contributed by atoms with Gasteiger partial charge in [0.25, 0.3) is 0 Å². The van der Waals surface area contributed by atoms with Gasteiger partial charge >= 0.3 is 0 Å². The van der Waals surface area contributed by atoms with Crippen LogP contribution in [0.5, 0.6) is 0 Å². The highest BCUT2D eigenvalue weighted by Gasteiger charge is 2.37. The number of primary amides is 1. The second-order valence-electron chi connectivity index (χ2n) is 6.55. The van der Waals surface area contributed by atoms with Crippen LogP contribution >= 0.6 is 0 Å². The lowest BCUT2D eigenvalue weighted by Crippen LogP contribution is -2.59. The van der Waals surface area contributed by atoms with Gasteiger partial charge in [0.1, 0.15) is 5.54 Å². The summed E-state index contributed by atoms with van der Waals surface area (Å²) in [7, 11) is 0. The second kappa shape index (κ2) is 7.43. The van der Waals surface area contributed by atoms with Crippen LogP contribution in [0.3, 0.4) is 0 Å². The summed E-state index contributed by atoms with van der Waals surface area (Å²) in [6.07, 6.45) is 4.40. The summed E-state index contributed by atoms with van der Waals surface area (Å²) in [6, 6.07) is 0. The monoisotopic (exact) mass is 297 g/mol. The van der Waals surface area contributed by atoms with Gasteiger partial charge in [-0.2, -0.15) is 0 Å². The van der Waals surface area contributed by atoms with E-state index in [0.29, 0.717) is 6.42 Å². The lowest BCUT2D eigenvalue weighted by Gasteiger charge is -2.32. The summed E-state index contributed by atoms with van der Waals surface area (Å²) in [5.41, 5.74) is 4.03. The molecule has 1 fully saturated rings. The van der Waals surface area contributed by atoms with E-state index in [-0.39, 0.29) is 30.2 Å². The number of carbonyl (C=O) groups excluding carboxylic acids is 3. The van der Waals surface area contributed by atoms with Crippen LogP contribution in [0.2, 0.25) is 0 Å². The molecule has 6 nitrogen and oxygen atoms in total. The smallest absolute Gasteiger partial charge is 0.245 e. The third-order valence-electron chi connectivity index (χ3n) is 3.87. The number of hydrogen-bond acceptors (Lipinski definition) is 3. The first-order valence-electron chi connectivity index (χ1n) is 7.63. The van der Waals surface area contributed by atoms with Gasteiger partial charge in [0.2, 0.25) is 17.7 Å². The Hall–Kier alpha value is -1.59. The third-order valence-corrected chi connectivity index (χ3v) is 3.87. The van der Waals surface area contributed by atoms with Crippen molar-refractivity contribution in [2.45, 2.75) is 58.4 Å². The first-order valence-corrected chi connectivity index (χ1v) is 7.63. The summed E-state index contributed by atoms with van der Waals surface area (Å²) in [6.45, 7) is 5.46. The molecule has 1 aliphatic rings. The zero-order chi connectivity index (χ0) is 16.0. The molecule has 0 aliphatic heterocycles. The largest absolute Gasteiger partial charge is 0.368 e. The van der Waals surface area contributed by atoms with Crippen molar-refractivity contribution in [3.63, 3.8) is 0 Å². The summed E-state index contributed by atoms with van der Waals surface area (Å²) in [5, 5.41) is 5.38. The molecule has 1 atom stereocenters. The van der Waals surface area contributed by atoms with Crippen LogP contribution in [0, 0.1) is 11.8 Å². The van der Waals surface area contributed by atoms with Gasteiger partial charge in [-0.05, 0) is 32.1 Å². The molecule has 0 heterocycles. The average molecular weight is 297 g/mol. The molecule has 120 valence electrons. The molecule has 1 saturated carbocycles. The van der Waals surface area contributed by atoms with E-state index < -0.39 is 11.4 Å². The van der Waals surface area contributed by atoms with E-state index in [2.05, 4.69) is 10.6 Å². The quantitative estimate of drug-likeness (QED) is 0.644. The summed E-state index contributed by atoms with van der Waals surface area (Å²) >= 11 is 0. The summed E-state index contributed by atoms with van der Waals surface area (Å²) in [5.74, 6) is -0.790. The van der Waals surface area contributed by atoms with Gasteiger partial charge in [-0.25, -0.2) is 0 Å². The molecule has 0 bridgehead atoms. The van der Waals surface area contributed by atoms with Crippen molar-refractivity contribution in [2.75, 3.05) is 6.54 Å². The molecule has 0 spiro atoms. The predicted octanol–water partition coefficient (Wildman–Crippen LogP) is 0.699. The van der Waals surface area contributed by atoms with Crippen molar-refractivity contribution < 1.29 is 14.4 Å². The van der Waals surface area contributed by atoms with E-state index in [1.54, 1.807) is 6.92 Å². The van der Waals surface area contributed by atoms with E-state index >= 15 is 0 Å². The standard InChI is InChI=1S/C15H27N3O3/c1-10(2)8-15(3,14(21)17-9-12(16)19)18-13(20)11-6-4-5-7-11/h10-11H,4-9H2,1-3H3,(H2,16,19)(H,17,21)(H,18,20)/t15-/m1/s1. The van der Waals surface area contributed by atoms with Gasteiger partial charge in [0.15, 0.2) is 0 Å². The minimum Gasteiger partial charge on any atom is -0.368 e. The Kier molecular flexibility index (Phi) is 6.18. The van der Waals surface area contributed by atoms with Crippen LogP contribution in [0.15, 0.2) is 0 Å². The topological polar surface area (TPSA) is 101 Å². The molecule has 3 amide bonds. The minimum absolute atomic E-state index is 0.000396. The average Bonchev–Trinajstić information content (AvgIpc) is 2.88. The Balaban J connectivity index is 2.73. The second-order valence-corrected chi connectivity index (χ2v) is 6.55. The Morgan fingerprint density at radius 1 is 1.24 bits per heavy atom. The highest BCUT2D eigenvalue weighted by molar-refractivity contribution is 5.93. The zero-order valence-corrected chi connectivity index (χ0v) is 13.2. The van der Waals surface area contributed by atoms with Crippen LogP contribution in [0.4, 0.5) is 0 Å². The fourth-order valence-electron chi connectivity index (χ4n) is 2.94. The van der Waals surface area contributed by atoms with Crippen LogP contribution < -0.4 is 16.4 Å². The molecule has 0 aromatic rings. The van der Waals surface area contributed by atoms with E-state index in [9.17, 15) is 14.4 Å². The molecule has 0 aromatic carbocycles. The van der Waals surface area contributed by atoms with Gasteiger partial charge in [-0.3, -0.25) is 14.4 Å². The summed E-state index contributed by atoms with van der Waals surface area (Å²) < 4.78 is 0. The Labute approximate surface area is 126 Å². The number of nitrogens with two attached hydrogens (primary N) is 1. The number of amides is 3. The predicted molar refractivity (Wildman–Crippen MR) is 80.2 cm³/mol. The number of nitrogens with one attached hydrogen (secondary N) is 2. The molecular weight excluding hydrogens is 270 g/mol. The molecule has 0 saturated heterocycles. The molecule has 1 aliphatic carbocycles. The first kappa shape index (κ1) is 17.5. The SMILES string of the molecule is CC(C)C[C@@](C)(NC(=O)C1CCCC1)C(=O)NCC(N)=O. The summed E-state index contributed by atoms with van der Waals surface area (Å²) in [4.78, 5) is 35.4. The van der Waals surface area contributed by atoms with Crippen LogP contribution in [-0.2, 0) is 14.4 Å². The molecule has 6 heteroatoms. The molecule has 4 N–H and O–H groups in total. The van der Waals surface area contributed by atoms with E-state index in [1.807, 2.05) is 13.8 Å². The molecule has 0 unspecified atom stereocenters. The van der Waals surface area contributed by atoms with Crippen LogP contribution in [0.1, 0.15) is 52.9 Å². The van der Waals surface area contributed by atoms with Crippen molar-refractivity contribution >= 4 is 17.7 Å². The lowest BCUT2D eigenvalue weighted by molar-refractivity contribution is -0.136. The lowest BCUT2D eigenvalue weighted by atomic mass is 9.88.